The molecule has 0 aromatic heterocycles. The van der Waals surface area contributed by atoms with Crippen LogP contribution in [0.15, 0.2) is 65.3 Å². The average Bonchev–Trinajstić information content (AvgIpc) is 2.58. The molecule has 0 aliphatic heterocycles. The minimum atomic E-state index is -1.01. The van der Waals surface area contributed by atoms with Gasteiger partial charge in [0.2, 0.25) is 5.91 Å². The average molecular weight is 339 g/mol. The molecule has 0 fully saturated rings. The first-order valence-electron chi connectivity index (χ1n) is 8.02. The van der Waals surface area contributed by atoms with Gasteiger partial charge in [-0.05, 0) is 30.7 Å². The number of carbonyl (C=O) groups excluding carboxylic acids is 1. The van der Waals surface area contributed by atoms with Crippen LogP contribution in [0.3, 0.4) is 0 Å². The van der Waals surface area contributed by atoms with Crippen molar-refractivity contribution in [2.45, 2.75) is 19.8 Å². The first-order chi connectivity index (χ1) is 12.0. The van der Waals surface area contributed by atoms with Crippen molar-refractivity contribution in [2.75, 3.05) is 11.9 Å². The molecule has 0 atom stereocenters. The Kier molecular flexibility index (Phi) is 6.28. The Morgan fingerprint density at radius 2 is 2.00 bits per heavy atom. The molecular formula is C19H21N3O3. The zero-order chi connectivity index (χ0) is 18.2. The van der Waals surface area contributed by atoms with Gasteiger partial charge in [-0.25, -0.2) is 4.99 Å². The maximum atomic E-state index is 12.0. The summed E-state index contributed by atoms with van der Waals surface area (Å²) in [6.45, 7) is 6.74. The monoisotopic (exact) mass is 339 g/mol. The summed E-state index contributed by atoms with van der Waals surface area (Å²) < 4.78 is 0. The third-order valence-corrected chi connectivity index (χ3v) is 3.46. The molecule has 0 saturated carbocycles. The van der Waals surface area contributed by atoms with Gasteiger partial charge in [0.05, 0.1) is 29.2 Å². The summed E-state index contributed by atoms with van der Waals surface area (Å²) in [5.41, 5.74) is 3.35. The fourth-order valence-corrected chi connectivity index (χ4v) is 2.29. The molecule has 2 rings (SSSR count). The number of anilines is 1. The Balaban J connectivity index is 2.26. The summed E-state index contributed by atoms with van der Waals surface area (Å²) in [5.74, 6) is -1.38. The van der Waals surface area contributed by atoms with Crippen LogP contribution in [0, 0.1) is 0 Å². The quantitative estimate of drug-likeness (QED) is 0.711. The van der Waals surface area contributed by atoms with Crippen LogP contribution in [-0.2, 0) is 9.59 Å². The molecule has 1 aromatic carbocycles. The molecule has 130 valence electrons. The highest BCUT2D eigenvalue weighted by Gasteiger charge is 2.16. The van der Waals surface area contributed by atoms with Crippen molar-refractivity contribution < 1.29 is 14.7 Å². The van der Waals surface area contributed by atoms with Crippen molar-refractivity contribution in [3.63, 3.8) is 0 Å². The number of aliphatic carboxylic acids is 1. The van der Waals surface area contributed by atoms with E-state index in [1.165, 1.54) is 0 Å². The molecular weight excluding hydrogens is 318 g/mol. The lowest BCUT2D eigenvalue weighted by Gasteiger charge is -2.16. The van der Waals surface area contributed by atoms with Crippen molar-refractivity contribution in [2.24, 2.45) is 4.99 Å². The molecule has 0 saturated heterocycles. The number of amides is 1. The molecule has 3 N–H and O–H groups in total. The van der Waals surface area contributed by atoms with Gasteiger partial charge >= 0.3 is 5.97 Å². The van der Waals surface area contributed by atoms with Crippen LogP contribution >= 0.6 is 0 Å². The predicted octanol–water partition coefficient (Wildman–Crippen LogP) is 3.18. The van der Waals surface area contributed by atoms with Crippen LogP contribution < -0.4 is 10.6 Å². The lowest BCUT2D eigenvalue weighted by Crippen LogP contribution is -2.29. The SMILES string of the molecule is C=C1C=CC=C(NC(=O)CCC(=O)O)/C1=N/c1ccccc1NCC. The van der Waals surface area contributed by atoms with Gasteiger partial charge in [-0.15, -0.1) is 0 Å². The number of carboxylic acid groups (broad SMARTS) is 1. The summed E-state index contributed by atoms with van der Waals surface area (Å²) >= 11 is 0. The Labute approximate surface area is 146 Å². The van der Waals surface area contributed by atoms with Gasteiger partial charge in [0.15, 0.2) is 0 Å². The van der Waals surface area contributed by atoms with Crippen molar-refractivity contribution in [1.82, 2.24) is 5.32 Å². The number of benzene rings is 1. The topological polar surface area (TPSA) is 90.8 Å². The van der Waals surface area contributed by atoms with Gasteiger partial charge in [-0.3, -0.25) is 9.59 Å². The summed E-state index contributed by atoms with van der Waals surface area (Å²) in [5, 5.41) is 14.7. The molecule has 0 radical (unpaired) electrons. The molecule has 6 heteroatoms. The Morgan fingerprint density at radius 3 is 2.72 bits per heavy atom. The van der Waals surface area contributed by atoms with Crippen molar-refractivity contribution in [1.29, 1.82) is 0 Å². The van der Waals surface area contributed by atoms with Crippen LogP contribution in [0.1, 0.15) is 19.8 Å². The Morgan fingerprint density at radius 1 is 1.24 bits per heavy atom. The minimum Gasteiger partial charge on any atom is -0.481 e. The van der Waals surface area contributed by atoms with Crippen LogP contribution in [0.25, 0.3) is 0 Å². The molecule has 1 aliphatic rings. The minimum absolute atomic E-state index is 0.0931. The number of hydrogen-bond donors (Lipinski definition) is 3. The maximum Gasteiger partial charge on any atom is 0.303 e. The molecule has 1 amide bonds. The second-order valence-corrected chi connectivity index (χ2v) is 5.41. The molecule has 0 spiro atoms. The molecule has 0 heterocycles. The normalized spacial score (nSPS) is 15.0. The summed E-state index contributed by atoms with van der Waals surface area (Å²) in [4.78, 5) is 27.2. The van der Waals surface area contributed by atoms with Crippen LogP contribution in [0.2, 0.25) is 0 Å². The molecule has 1 aromatic rings. The second-order valence-electron chi connectivity index (χ2n) is 5.41. The lowest BCUT2D eigenvalue weighted by molar-refractivity contribution is -0.138. The van der Waals surface area contributed by atoms with Crippen molar-refractivity contribution >= 4 is 29.0 Å². The van der Waals surface area contributed by atoms with E-state index in [-0.39, 0.29) is 18.7 Å². The first-order valence-corrected chi connectivity index (χ1v) is 8.02. The van der Waals surface area contributed by atoms with Gasteiger partial charge < -0.3 is 15.7 Å². The van der Waals surface area contributed by atoms with E-state index in [1.54, 1.807) is 12.2 Å². The molecule has 6 nitrogen and oxygen atoms in total. The number of carbonyl (C=O) groups is 2. The van der Waals surface area contributed by atoms with E-state index >= 15 is 0 Å². The second kappa shape index (κ2) is 8.63. The zero-order valence-electron chi connectivity index (χ0n) is 14.1. The standard InChI is InChI=1S/C19H21N3O3/c1-3-20-14-8-4-5-9-15(14)22-19-13(2)7-6-10-16(19)21-17(23)11-12-18(24)25/h4-10,20H,2-3,11-12H2,1H3,(H,21,23)(H,24,25)/b22-19+. The van der Waals surface area contributed by atoms with Gasteiger partial charge in [0.25, 0.3) is 0 Å². The first kappa shape index (κ1) is 18.2. The number of allylic oxidation sites excluding steroid dienone is 4. The van der Waals surface area contributed by atoms with E-state index in [0.29, 0.717) is 17.0 Å². The highest BCUT2D eigenvalue weighted by atomic mass is 16.4. The van der Waals surface area contributed by atoms with Crippen molar-refractivity contribution in [3.05, 3.63) is 60.3 Å². The zero-order valence-corrected chi connectivity index (χ0v) is 14.1. The third-order valence-electron chi connectivity index (χ3n) is 3.46. The summed E-state index contributed by atoms with van der Waals surface area (Å²) in [6, 6.07) is 7.61. The highest BCUT2D eigenvalue weighted by Crippen LogP contribution is 2.27. The number of carboxylic acids is 1. The number of hydrogen-bond acceptors (Lipinski definition) is 4. The van der Waals surface area contributed by atoms with Crippen LogP contribution in [0.5, 0.6) is 0 Å². The van der Waals surface area contributed by atoms with Crippen LogP contribution in [-0.4, -0.2) is 29.2 Å². The fraction of sp³-hybridized carbons (Fsp3) is 0.211. The fourth-order valence-electron chi connectivity index (χ4n) is 2.29. The van der Waals surface area contributed by atoms with Gasteiger partial charge in [-0.1, -0.05) is 30.9 Å². The maximum absolute atomic E-state index is 12.0. The van der Waals surface area contributed by atoms with E-state index in [1.807, 2.05) is 37.3 Å². The van der Waals surface area contributed by atoms with E-state index in [0.717, 1.165) is 17.9 Å². The molecule has 0 bridgehead atoms. The summed E-state index contributed by atoms with van der Waals surface area (Å²) in [6.07, 6.45) is 4.99. The molecule has 1 aliphatic carbocycles. The largest absolute Gasteiger partial charge is 0.481 e. The van der Waals surface area contributed by atoms with E-state index in [9.17, 15) is 9.59 Å². The molecule has 0 unspecified atom stereocenters. The number of rotatable bonds is 7. The van der Waals surface area contributed by atoms with E-state index in [4.69, 9.17) is 5.11 Å². The number of para-hydroxylation sites is 2. The number of nitrogens with zero attached hydrogens (tertiary/aromatic N) is 1. The number of aliphatic imine (C=N–C) groups is 1. The Hall–Kier alpha value is -3.15. The van der Waals surface area contributed by atoms with E-state index < -0.39 is 5.97 Å². The summed E-state index contributed by atoms with van der Waals surface area (Å²) in [7, 11) is 0. The van der Waals surface area contributed by atoms with Gasteiger partial charge in [0, 0.05) is 13.0 Å². The smallest absolute Gasteiger partial charge is 0.303 e. The Bertz CT molecular complexity index is 776. The lowest BCUT2D eigenvalue weighted by atomic mass is 10.0. The predicted molar refractivity (Wildman–Crippen MR) is 99.1 cm³/mol. The van der Waals surface area contributed by atoms with E-state index in [2.05, 4.69) is 22.2 Å². The van der Waals surface area contributed by atoms with Gasteiger partial charge in [0.1, 0.15) is 0 Å². The van der Waals surface area contributed by atoms with Crippen LogP contribution in [0.4, 0.5) is 11.4 Å². The van der Waals surface area contributed by atoms with Crippen molar-refractivity contribution in [3.8, 4) is 0 Å². The third kappa shape index (κ3) is 5.17. The highest BCUT2D eigenvalue weighted by molar-refractivity contribution is 6.17. The molecule has 25 heavy (non-hydrogen) atoms. The van der Waals surface area contributed by atoms with Gasteiger partial charge in [-0.2, -0.15) is 0 Å². The number of nitrogens with one attached hydrogen (secondary N) is 2.